The van der Waals surface area contributed by atoms with Crippen molar-refractivity contribution < 1.29 is 5.32 Å². The number of hydrogen-bond donors (Lipinski definition) is 1. The van der Waals surface area contributed by atoms with Gasteiger partial charge in [0, 0.05) is 6.42 Å². The van der Waals surface area contributed by atoms with E-state index >= 15 is 0 Å². The molecule has 1 nitrogen and oxygen atoms in total. The summed E-state index contributed by atoms with van der Waals surface area (Å²) < 4.78 is 0. The summed E-state index contributed by atoms with van der Waals surface area (Å²) in [5, 5.41) is 2.16. The fraction of sp³-hybridized carbons (Fsp3) is 0.667. The van der Waals surface area contributed by atoms with Gasteiger partial charge in [-0.15, -0.1) is 0 Å². The number of hydrogen-bond acceptors (Lipinski definition) is 0. The quantitative estimate of drug-likeness (QED) is 0.486. The van der Waals surface area contributed by atoms with Crippen LogP contribution >= 0.6 is 0 Å². The van der Waals surface area contributed by atoms with E-state index in [0.29, 0.717) is 0 Å². The van der Waals surface area contributed by atoms with E-state index in [9.17, 15) is 0 Å². The normalized spacial score (nSPS) is 8.86. The van der Waals surface area contributed by atoms with E-state index in [1.54, 1.807) is 0 Å². The summed E-state index contributed by atoms with van der Waals surface area (Å²) in [6.45, 7) is 7.01. The van der Waals surface area contributed by atoms with Gasteiger partial charge in [0.15, 0.2) is 0 Å². The van der Waals surface area contributed by atoms with Gasteiger partial charge in [-0.3, -0.25) is 0 Å². The highest BCUT2D eigenvalue weighted by molar-refractivity contribution is 4.86. The van der Waals surface area contributed by atoms with Crippen LogP contribution in [0.1, 0.15) is 13.3 Å². The van der Waals surface area contributed by atoms with E-state index in [2.05, 4.69) is 25.9 Å². The van der Waals surface area contributed by atoms with Gasteiger partial charge < -0.3 is 5.32 Å². The highest BCUT2D eigenvalue weighted by Crippen LogP contribution is 1.88. The Morgan fingerprint density at radius 3 is 2.43 bits per heavy atom. The molecule has 0 amide bonds. The zero-order valence-corrected chi connectivity index (χ0v) is 5.20. The molecule has 0 aliphatic heterocycles. The SMILES string of the molecule is C=C(C)CC[NH2+]C. The molecule has 0 saturated carbocycles. The maximum absolute atomic E-state index is 3.77. The molecule has 0 heterocycles. The molecule has 0 aromatic rings. The molecule has 0 aromatic heterocycles. The van der Waals surface area contributed by atoms with Crippen LogP contribution in [0.5, 0.6) is 0 Å². The summed E-state index contributed by atoms with van der Waals surface area (Å²) in [5.41, 5.74) is 1.28. The summed E-state index contributed by atoms with van der Waals surface area (Å²) in [6.07, 6.45) is 1.15. The van der Waals surface area contributed by atoms with E-state index in [-0.39, 0.29) is 0 Å². The average Bonchev–Trinajstić information content (AvgIpc) is 1.61. The Hall–Kier alpha value is -0.300. The predicted molar refractivity (Wildman–Crippen MR) is 32.1 cm³/mol. The van der Waals surface area contributed by atoms with Gasteiger partial charge in [-0.2, -0.15) is 0 Å². The predicted octanol–water partition coefficient (Wildman–Crippen LogP) is 0.146. The van der Waals surface area contributed by atoms with Gasteiger partial charge in [-0.05, 0) is 6.92 Å². The second-order valence-corrected chi connectivity index (χ2v) is 1.90. The van der Waals surface area contributed by atoms with Crippen LogP contribution in [-0.2, 0) is 0 Å². The highest BCUT2D eigenvalue weighted by atomic mass is 14.8. The molecule has 0 atom stereocenters. The van der Waals surface area contributed by atoms with Crippen LogP contribution in [0.2, 0.25) is 0 Å². The number of rotatable bonds is 3. The van der Waals surface area contributed by atoms with E-state index in [1.165, 1.54) is 12.1 Å². The Labute approximate surface area is 45.4 Å². The van der Waals surface area contributed by atoms with Gasteiger partial charge >= 0.3 is 0 Å². The molecule has 0 aliphatic rings. The summed E-state index contributed by atoms with van der Waals surface area (Å²) in [6, 6.07) is 0. The van der Waals surface area contributed by atoms with Crippen molar-refractivity contribution >= 4 is 0 Å². The molecule has 7 heavy (non-hydrogen) atoms. The largest absolute Gasteiger partial charge is 0.348 e. The Bertz CT molecular complexity index is 57.2. The average molecular weight is 100 g/mol. The van der Waals surface area contributed by atoms with Crippen LogP contribution in [0.15, 0.2) is 12.2 Å². The van der Waals surface area contributed by atoms with Crippen molar-refractivity contribution in [2.75, 3.05) is 13.6 Å². The highest BCUT2D eigenvalue weighted by Gasteiger charge is 1.82. The standard InChI is InChI=1S/C6H13N/c1-6(2)4-5-7-3/h7H,1,4-5H2,2-3H3/p+1. The van der Waals surface area contributed by atoms with Gasteiger partial charge in [-0.25, -0.2) is 0 Å². The van der Waals surface area contributed by atoms with Gasteiger partial charge in [0.2, 0.25) is 0 Å². The van der Waals surface area contributed by atoms with E-state index in [0.717, 1.165) is 6.42 Å². The maximum Gasteiger partial charge on any atom is 0.0790 e. The zero-order valence-electron chi connectivity index (χ0n) is 5.20. The van der Waals surface area contributed by atoms with Crippen LogP contribution in [0.3, 0.4) is 0 Å². The van der Waals surface area contributed by atoms with E-state index < -0.39 is 0 Å². The summed E-state index contributed by atoms with van der Waals surface area (Å²) >= 11 is 0. The minimum Gasteiger partial charge on any atom is -0.348 e. The molecule has 1 heteroatoms. The molecule has 0 unspecified atom stereocenters. The lowest BCUT2D eigenvalue weighted by Gasteiger charge is -1.91. The third kappa shape index (κ3) is 5.70. The summed E-state index contributed by atoms with van der Waals surface area (Å²) in [5.74, 6) is 0. The molecule has 0 fully saturated rings. The van der Waals surface area contributed by atoms with E-state index in [4.69, 9.17) is 0 Å². The van der Waals surface area contributed by atoms with Gasteiger partial charge in [0.1, 0.15) is 0 Å². The van der Waals surface area contributed by atoms with Gasteiger partial charge in [0.25, 0.3) is 0 Å². The Balaban J connectivity index is 2.82. The lowest BCUT2D eigenvalue weighted by atomic mass is 10.2. The minimum atomic E-state index is 1.15. The first-order chi connectivity index (χ1) is 3.27. The monoisotopic (exact) mass is 100 g/mol. The molecule has 42 valence electrons. The first kappa shape index (κ1) is 6.70. The Kier molecular flexibility index (Phi) is 3.71. The van der Waals surface area contributed by atoms with E-state index in [1.807, 2.05) is 0 Å². The van der Waals surface area contributed by atoms with Crippen molar-refractivity contribution in [3.63, 3.8) is 0 Å². The van der Waals surface area contributed by atoms with Crippen LogP contribution in [0.25, 0.3) is 0 Å². The Morgan fingerprint density at radius 1 is 1.71 bits per heavy atom. The van der Waals surface area contributed by atoms with Crippen LogP contribution in [0.4, 0.5) is 0 Å². The smallest absolute Gasteiger partial charge is 0.0790 e. The van der Waals surface area contributed by atoms with Crippen molar-refractivity contribution in [1.29, 1.82) is 0 Å². The van der Waals surface area contributed by atoms with Crippen molar-refractivity contribution in [3.8, 4) is 0 Å². The molecule has 2 N–H and O–H groups in total. The molecule has 0 radical (unpaired) electrons. The molecule has 0 aliphatic carbocycles. The van der Waals surface area contributed by atoms with Crippen molar-refractivity contribution in [1.82, 2.24) is 0 Å². The van der Waals surface area contributed by atoms with Crippen molar-refractivity contribution in [3.05, 3.63) is 12.2 Å². The van der Waals surface area contributed by atoms with Gasteiger partial charge in [-0.1, -0.05) is 12.2 Å². The first-order valence-corrected chi connectivity index (χ1v) is 2.69. The molecule has 0 aromatic carbocycles. The van der Waals surface area contributed by atoms with Crippen LogP contribution < -0.4 is 5.32 Å². The molecule has 0 bridgehead atoms. The molecule has 0 spiro atoms. The fourth-order valence-electron chi connectivity index (χ4n) is 0.391. The topological polar surface area (TPSA) is 16.6 Å². The lowest BCUT2D eigenvalue weighted by molar-refractivity contribution is -0.626. The minimum absolute atomic E-state index is 1.15. The molecule has 0 saturated heterocycles. The molecular formula is C6H14N+. The Morgan fingerprint density at radius 2 is 2.29 bits per heavy atom. The first-order valence-electron chi connectivity index (χ1n) is 2.69. The molecule has 0 rings (SSSR count). The summed E-state index contributed by atoms with van der Waals surface area (Å²) in [4.78, 5) is 0. The zero-order chi connectivity index (χ0) is 5.70. The lowest BCUT2D eigenvalue weighted by Crippen LogP contribution is -2.79. The fourth-order valence-corrected chi connectivity index (χ4v) is 0.391. The number of nitrogens with two attached hydrogens (primary N) is 1. The third-order valence-electron chi connectivity index (χ3n) is 0.860. The second kappa shape index (κ2) is 3.88. The molecular weight excluding hydrogens is 86.1 g/mol. The van der Waals surface area contributed by atoms with Crippen LogP contribution in [-0.4, -0.2) is 13.6 Å². The second-order valence-electron chi connectivity index (χ2n) is 1.90. The van der Waals surface area contributed by atoms with Crippen LogP contribution in [0, 0.1) is 0 Å². The summed E-state index contributed by atoms with van der Waals surface area (Å²) in [7, 11) is 2.07. The van der Waals surface area contributed by atoms with Crippen molar-refractivity contribution in [2.24, 2.45) is 0 Å². The van der Waals surface area contributed by atoms with Gasteiger partial charge in [0.05, 0.1) is 13.6 Å². The third-order valence-corrected chi connectivity index (χ3v) is 0.860. The van der Waals surface area contributed by atoms with Crippen molar-refractivity contribution in [2.45, 2.75) is 13.3 Å². The number of quaternary nitrogens is 1. The maximum atomic E-state index is 3.77.